The van der Waals surface area contributed by atoms with Gasteiger partial charge >= 0.3 is 7.25 Å². The Bertz CT molecular complexity index is 49.3. The van der Waals surface area contributed by atoms with E-state index in [1.54, 1.807) is 0 Å². The molecule has 0 aliphatic carbocycles. The largest absolute Gasteiger partial charge is 0.673 e. The molecular formula is C4H9BF4-. The summed E-state index contributed by atoms with van der Waals surface area (Å²) >= 11 is 0. The fourth-order valence-corrected chi connectivity index (χ4v) is 0. The summed E-state index contributed by atoms with van der Waals surface area (Å²) in [6.07, 6.45) is 0. The molecule has 0 saturated heterocycles. The first-order valence-electron chi connectivity index (χ1n) is 2.44. The Morgan fingerprint density at radius 1 is 1.11 bits per heavy atom. The SMILES string of the molecule is F[B-](F)(F)F.[CH2]C(C)C. The molecule has 0 saturated carbocycles. The summed E-state index contributed by atoms with van der Waals surface area (Å²) in [5, 5.41) is 0. The van der Waals surface area contributed by atoms with E-state index in [2.05, 4.69) is 20.8 Å². The Balaban J connectivity index is 0. The Morgan fingerprint density at radius 2 is 1.11 bits per heavy atom. The molecule has 0 aromatic rings. The zero-order chi connectivity index (χ0) is 8.08. The van der Waals surface area contributed by atoms with E-state index in [9.17, 15) is 17.3 Å². The topological polar surface area (TPSA) is 0 Å². The van der Waals surface area contributed by atoms with E-state index in [-0.39, 0.29) is 0 Å². The van der Waals surface area contributed by atoms with Crippen LogP contribution in [0.5, 0.6) is 0 Å². The Morgan fingerprint density at radius 3 is 1.11 bits per heavy atom. The lowest BCUT2D eigenvalue weighted by molar-refractivity contribution is 0.368. The Hall–Kier alpha value is -0.215. The maximum absolute atomic E-state index is 9.75. The fraction of sp³-hybridized carbons (Fsp3) is 0.750. The molecule has 0 rings (SSSR count). The molecular weight excluding hydrogens is 135 g/mol. The first-order chi connectivity index (χ1) is 3.73. The van der Waals surface area contributed by atoms with Crippen molar-refractivity contribution in [3.05, 3.63) is 6.92 Å². The molecule has 0 aromatic heterocycles. The van der Waals surface area contributed by atoms with Crippen LogP contribution >= 0.6 is 0 Å². The van der Waals surface area contributed by atoms with E-state index in [1.807, 2.05) is 0 Å². The van der Waals surface area contributed by atoms with Gasteiger partial charge in [0, 0.05) is 0 Å². The monoisotopic (exact) mass is 144 g/mol. The van der Waals surface area contributed by atoms with Gasteiger partial charge in [-0.25, -0.2) is 0 Å². The van der Waals surface area contributed by atoms with Crippen molar-refractivity contribution in [3.8, 4) is 0 Å². The lowest BCUT2D eigenvalue weighted by Crippen LogP contribution is -2.02. The van der Waals surface area contributed by atoms with Crippen LogP contribution in [0, 0.1) is 12.8 Å². The third-order valence-corrected chi connectivity index (χ3v) is 0. The lowest BCUT2D eigenvalue weighted by atomic mass is 10.3. The van der Waals surface area contributed by atoms with Crippen LogP contribution in [0.1, 0.15) is 13.8 Å². The van der Waals surface area contributed by atoms with E-state index < -0.39 is 7.25 Å². The fourth-order valence-electron chi connectivity index (χ4n) is 0. The van der Waals surface area contributed by atoms with Crippen molar-refractivity contribution in [2.24, 2.45) is 5.92 Å². The second-order valence-electron chi connectivity index (χ2n) is 1.89. The van der Waals surface area contributed by atoms with Crippen molar-refractivity contribution >= 4 is 7.25 Å². The summed E-state index contributed by atoms with van der Waals surface area (Å²) in [5.74, 6) is 0.583. The summed E-state index contributed by atoms with van der Waals surface area (Å²) < 4.78 is 39.0. The van der Waals surface area contributed by atoms with Crippen molar-refractivity contribution in [1.82, 2.24) is 0 Å². The summed E-state index contributed by atoms with van der Waals surface area (Å²) in [6.45, 7) is 7.75. The maximum atomic E-state index is 9.75. The number of hydrogen-bond donors (Lipinski definition) is 0. The first kappa shape index (κ1) is 11.6. The summed E-state index contributed by atoms with van der Waals surface area (Å²) in [7, 11) is -6.00. The van der Waals surface area contributed by atoms with Gasteiger partial charge in [-0.05, 0) is 5.92 Å². The lowest BCUT2D eigenvalue weighted by Gasteiger charge is -1.94. The molecule has 0 bridgehead atoms. The second kappa shape index (κ2) is 4.64. The van der Waals surface area contributed by atoms with Gasteiger partial charge in [-0.1, -0.05) is 20.8 Å². The van der Waals surface area contributed by atoms with E-state index in [0.717, 1.165) is 0 Å². The van der Waals surface area contributed by atoms with Crippen molar-refractivity contribution in [1.29, 1.82) is 0 Å². The average molecular weight is 144 g/mol. The van der Waals surface area contributed by atoms with Gasteiger partial charge in [0.05, 0.1) is 0 Å². The van der Waals surface area contributed by atoms with Crippen molar-refractivity contribution in [2.45, 2.75) is 13.8 Å². The highest BCUT2D eigenvalue weighted by Crippen LogP contribution is 2.06. The van der Waals surface area contributed by atoms with Crippen LogP contribution in [0.3, 0.4) is 0 Å². The van der Waals surface area contributed by atoms with Gasteiger partial charge in [-0.3, -0.25) is 0 Å². The van der Waals surface area contributed by atoms with Crippen LogP contribution in [0.2, 0.25) is 0 Å². The van der Waals surface area contributed by atoms with Gasteiger partial charge in [0.15, 0.2) is 0 Å². The molecule has 0 amide bonds. The molecule has 0 atom stereocenters. The molecule has 57 valence electrons. The number of halogens is 4. The minimum Gasteiger partial charge on any atom is -0.418 e. The Labute approximate surface area is 52.4 Å². The third-order valence-electron chi connectivity index (χ3n) is 0. The molecule has 0 aromatic carbocycles. The predicted molar refractivity (Wildman–Crippen MR) is 30.4 cm³/mol. The average Bonchev–Trinajstić information content (AvgIpc) is 1.19. The van der Waals surface area contributed by atoms with Crippen molar-refractivity contribution in [2.75, 3.05) is 0 Å². The molecule has 0 N–H and O–H groups in total. The number of hydrogen-bond acceptors (Lipinski definition) is 0. The Kier molecular flexibility index (Phi) is 5.97. The molecule has 0 spiro atoms. The number of rotatable bonds is 0. The molecule has 0 nitrogen and oxygen atoms in total. The van der Waals surface area contributed by atoms with Crippen molar-refractivity contribution < 1.29 is 17.3 Å². The van der Waals surface area contributed by atoms with E-state index in [4.69, 9.17) is 0 Å². The molecule has 9 heavy (non-hydrogen) atoms. The highest BCUT2D eigenvalue weighted by atomic mass is 19.5. The predicted octanol–water partition coefficient (Wildman–Crippen LogP) is 2.78. The van der Waals surface area contributed by atoms with Gasteiger partial charge in [0.1, 0.15) is 0 Å². The second-order valence-corrected chi connectivity index (χ2v) is 1.89. The molecule has 0 aliphatic rings. The summed E-state index contributed by atoms with van der Waals surface area (Å²) in [4.78, 5) is 0. The molecule has 0 aliphatic heterocycles. The normalized spacial score (nSPS) is 10.7. The molecule has 0 unspecified atom stereocenters. The standard InChI is InChI=1S/C4H9.BF4/c1-4(2)3;2-1(3,4)5/h4H,1H2,2-3H3;/q;-1. The van der Waals surface area contributed by atoms with Gasteiger partial charge in [0.2, 0.25) is 0 Å². The van der Waals surface area contributed by atoms with E-state index >= 15 is 0 Å². The van der Waals surface area contributed by atoms with E-state index in [0.29, 0.717) is 5.92 Å². The summed E-state index contributed by atoms with van der Waals surface area (Å²) in [5.41, 5.74) is 0. The maximum Gasteiger partial charge on any atom is 0.673 e. The van der Waals surface area contributed by atoms with Gasteiger partial charge < -0.3 is 17.3 Å². The van der Waals surface area contributed by atoms with Crippen LogP contribution < -0.4 is 0 Å². The van der Waals surface area contributed by atoms with Crippen LogP contribution in [-0.4, -0.2) is 7.25 Å². The summed E-state index contributed by atoms with van der Waals surface area (Å²) in [6, 6.07) is 0. The van der Waals surface area contributed by atoms with Crippen LogP contribution in [-0.2, 0) is 0 Å². The quantitative estimate of drug-likeness (QED) is 0.362. The van der Waals surface area contributed by atoms with Gasteiger partial charge in [-0.15, -0.1) is 0 Å². The van der Waals surface area contributed by atoms with Gasteiger partial charge in [0.25, 0.3) is 0 Å². The molecule has 0 fully saturated rings. The molecule has 0 heterocycles. The minimum atomic E-state index is -6.00. The van der Waals surface area contributed by atoms with Crippen LogP contribution in [0.25, 0.3) is 0 Å². The minimum absolute atomic E-state index is 0.583. The zero-order valence-corrected chi connectivity index (χ0v) is 5.37. The van der Waals surface area contributed by atoms with Crippen LogP contribution in [0.4, 0.5) is 17.3 Å². The third kappa shape index (κ3) is 5630. The molecule has 1 radical (unpaired) electrons. The van der Waals surface area contributed by atoms with Gasteiger partial charge in [-0.2, -0.15) is 0 Å². The van der Waals surface area contributed by atoms with Crippen LogP contribution in [0.15, 0.2) is 0 Å². The zero-order valence-electron chi connectivity index (χ0n) is 5.37. The highest BCUT2D eigenvalue weighted by molar-refractivity contribution is 6.50. The smallest absolute Gasteiger partial charge is 0.418 e. The molecule has 5 heteroatoms. The first-order valence-corrected chi connectivity index (χ1v) is 2.44. The highest BCUT2D eigenvalue weighted by Gasteiger charge is 2.20. The van der Waals surface area contributed by atoms with Crippen molar-refractivity contribution in [3.63, 3.8) is 0 Å². The van der Waals surface area contributed by atoms with E-state index in [1.165, 1.54) is 0 Å².